The van der Waals surface area contributed by atoms with Crippen molar-refractivity contribution in [1.82, 2.24) is 9.80 Å². The minimum Gasteiger partial charge on any atom is -0.479 e. The molecule has 0 bridgehead atoms. The zero-order valence-electron chi connectivity index (χ0n) is 22.9. The molecule has 4 rings (SSSR count). The highest BCUT2D eigenvalue weighted by atomic mass is 16.5. The topological polar surface area (TPSA) is 131 Å². The third kappa shape index (κ3) is 10.8. The van der Waals surface area contributed by atoms with Crippen LogP contribution in [0, 0.1) is 0 Å². The van der Waals surface area contributed by atoms with Crippen molar-refractivity contribution < 1.29 is 34.8 Å². The Morgan fingerprint density at radius 2 is 1.20 bits per heavy atom. The molecular weight excluding hydrogens is 524 g/mol. The highest BCUT2D eigenvalue weighted by Crippen LogP contribution is 2.25. The van der Waals surface area contributed by atoms with E-state index in [1.54, 1.807) is 0 Å². The summed E-state index contributed by atoms with van der Waals surface area (Å²) < 4.78 is 6.39. The molecule has 1 heterocycles. The van der Waals surface area contributed by atoms with Crippen LogP contribution in [0.25, 0.3) is 0 Å². The summed E-state index contributed by atoms with van der Waals surface area (Å²) in [4.78, 5) is 24.5. The Bertz CT molecular complexity index is 1140. The summed E-state index contributed by atoms with van der Waals surface area (Å²) in [6, 6.07) is 31.7. The molecule has 0 aliphatic carbocycles. The van der Waals surface area contributed by atoms with Gasteiger partial charge in [-0.15, -0.1) is 0 Å². The van der Waals surface area contributed by atoms with Crippen molar-refractivity contribution in [2.24, 2.45) is 0 Å². The van der Waals surface area contributed by atoms with Crippen LogP contribution in [-0.2, 0) is 20.7 Å². The number of carbonyl (C=O) groups is 2. The molecule has 3 aromatic rings. The third-order valence-corrected chi connectivity index (χ3v) is 6.62. The minimum atomic E-state index is -2.27. The van der Waals surface area contributed by atoms with E-state index in [-0.39, 0.29) is 6.10 Å². The van der Waals surface area contributed by atoms with Gasteiger partial charge >= 0.3 is 11.9 Å². The SMILES string of the molecule is C(=C\N1CCN(CCOC(c2ccccc2)c2ccccc2)CC1)/Cc1ccccc1.O=C(O)C(O)C(O)C(=O)O. The summed E-state index contributed by atoms with van der Waals surface area (Å²) in [5.41, 5.74) is 3.78. The maximum atomic E-state index is 9.77. The van der Waals surface area contributed by atoms with Gasteiger partial charge in [0.1, 0.15) is 6.10 Å². The van der Waals surface area contributed by atoms with Crippen LogP contribution >= 0.6 is 0 Å². The second-order valence-corrected chi connectivity index (χ2v) is 9.59. The van der Waals surface area contributed by atoms with E-state index in [9.17, 15) is 9.59 Å². The Morgan fingerprint density at radius 1 is 0.732 bits per heavy atom. The van der Waals surface area contributed by atoms with Gasteiger partial charge in [-0.3, -0.25) is 4.90 Å². The molecule has 0 aromatic heterocycles. The molecule has 1 aliphatic rings. The average molecular weight is 563 g/mol. The number of aliphatic carboxylic acids is 2. The van der Waals surface area contributed by atoms with Crippen molar-refractivity contribution in [2.75, 3.05) is 39.3 Å². The monoisotopic (exact) mass is 562 g/mol. The van der Waals surface area contributed by atoms with E-state index in [0.29, 0.717) is 0 Å². The molecule has 9 heteroatoms. The lowest BCUT2D eigenvalue weighted by Gasteiger charge is -2.34. The van der Waals surface area contributed by atoms with Gasteiger partial charge in [0.2, 0.25) is 0 Å². The molecule has 1 aliphatic heterocycles. The predicted octanol–water partition coefficient (Wildman–Crippen LogP) is 3.04. The Labute approximate surface area is 240 Å². The van der Waals surface area contributed by atoms with E-state index in [1.807, 2.05) is 0 Å². The highest BCUT2D eigenvalue weighted by Gasteiger charge is 2.29. The Balaban J connectivity index is 0.000000397. The molecule has 0 saturated carbocycles. The van der Waals surface area contributed by atoms with Crippen LogP contribution in [0.3, 0.4) is 0 Å². The number of hydrogen-bond donors (Lipinski definition) is 4. The third-order valence-electron chi connectivity index (χ3n) is 6.62. The van der Waals surface area contributed by atoms with Gasteiger partial charge in [-0.2, -0.15) is 0 Å². The number of allylic oxidation sites excluding steroid dienone is 1. The standard InChI is InChI=1S/C28H32N2O.C4H6O6/c1-4-11-25(12-5-1)13-10-18-29-19-21-30(22-20-29)23-24-31-28(26-14-6-2-7-15-26)27-16-8-3-9-17-27;5-1(3(7)8)2(6)4(9)10/h1-12,14-18,28H,13,19-24H2;1-2,5-6H,(H,7,8)(H,9,10)/b18-10+;. The van der Waals surface area contributed by atoms with Crippen LogP contribution in [0.1, 0.15) is 22.8 Å². The van der Waals surface area contributed by atoms with Gasteiger partial charge in [-0.25, -0.2) is 9.59 Å². The Morgan fingerprint density at radius 3 is 1.66 bits per heavy atom. The van der Waals surface area contributed by atoms with Crippen LogP contribution < -0.4 is 0 Å². The molecule has 0 spiro atoms. The molecule has 41 heavy (non-hydrogen) atoms. The number of piperazine rings is 1. The van der Waals surface area contributed by atoms with Gasteiger partial charge in [0.05, 0.1) is 6.61 Å². The van der Waals surface area contributed by atoms with Gasteiger partial charge in [0.25, 0.3) is 0 Å². The normalized spacial score (nSPS) is 15.2. The summed E-state index contributed by atoms with van der Waals surface area (Å²) in [6.07, 6.45) is 0.995. The fraction of sp³-hybridized carbons (Fsp3) is 0.312. The second kappa shape index (κ2) is 16.9. The van der Waals surface area contributed by atoms with Crippen molar-refractivity contribution in [3.8, 4) is 0 Å². The minimum absolute atomic E-state index is 0.00962. The maximum absolute atomic E-state index is 9.77. The highest BCUT2D eigenvalue weighted by molar-refractivity contribution is 5.83. The maximum Gasteiger partial charge on any atom is 0.335 e. The molecule has 2 atom stereocenters. The van der Waals surface area contributed by atoms with E-state index in [1.165, 1.54) is 16.7 Å². The van der Waals surface area contributed by atoms with E-state index in [4.69, 9.17) is 25.2 Å². The fourth-order valence-corrected chi connectivity index (χ4v) is 4.30. The van der Waals surface area contributed by atoms with Crippen molar-refractivity contribution in [3.63, 3.8) is 0 Å². The lowest BCUT2D eigenvalue weighted by molar-refractivity contribution is -0.165. The Hall–Kier alpha value is -4.02. The number of carboxylic acids is 2. The van der Waals surface area contributed by atoms with E-state index in [0.717, 1.165) is 45.8 Å². The van der Waals surface area contributed by atoms with Crippen molar-refractivity contribution >= 4 is 11.9 Å². The summed E-state index contributed by atoms with van der Waals surface area (Å²) >= 11 is 0. The van der Waals surface area contributed by atoms with Crippen LogP contribution in [0.15, 0.2) is 103 Å². The number of aliphatic hydroxyl groups is 2. The van der Waals surface area contributed by atoms with Crippen molar-refractivity contribution in [3.05, 3.63) is 120 Å². The summed E-state index contributed by atoms with van der Waals surface area (Å²) in [5.74, 6) is -3.54. The summed E-state index contributed by atoms with van der Waals surface area (Å²) in [5, 5.41) is 32.5. The zero-order chi connectivity index (χ0) is 29.5. The quantitative estimate of drug-likeness (QED) is 0.263. The molecular formula is C32H38N2O7. The largest absolute Gasteiger partial charge is 0.479 e. The molecule has 0 radical (unpaired) electrons. The van der Waals surface area contributed by atoms with Crippen molar-refractivity contribution in [2.45, 2.75) is 24.7 Å². The first-order chi connectivity index (χ1) is 19.8. The summed E-state index contributed by atoms with van der Waals surface area (Å²) in [6.45, 7) is 6.02. The second-order valence-electron chi connectivity index (χ2n) is 9.59. The average Bonchev–Trinajstić information content (AvgIpc) is 3.01. The van der Waals surface area contributed by atoms with Crippen LogP contribution in [0.2, 0.25) is 0 Å². The number of rotatable bonds is 12. The molecule has 1 fully saturated rings. The predicted molar refractivity (Wildman–Crippen MR) is 155 cm³/mol. The van der Waals surface area contributed by atoms with Crippen LogP contribution in [-0.4, -0.2) is 93.7 Å². The van der Waals surface area contributed by atoms with Crippen LogP contribution in [0.4, 0.5) is 0 Å². The molecule has 1 saturated heterocycles. The molecule has 0 amide bonds. The molecule has 2 unspecified atom stereocenters. The molecule has 4 N–H and O–H groups in total. The van der Waals surface area contributed by atoms with E-state index in [2.05, 4.69) is 113 Å². The smallest absolute Gasteiger partial charge is 0.335 e. The van der Waals surface area contributed by atoms with E-state index < -0.39 is 24.1 Å². The first-order valence-electron chi connectivity index (χ1n) is 13.6. The molecule has 218 valence electrons. The summed E-state index contributed by atoms with van der Waals surface area (Å²) in [7, 11) is 0. The number of carboxylic acid groups (broad SMARTS) is 2. The van der Waals surface area contributed by atoms with E-state index >= 15 is 0 Å². The molecule has 3 aromatic carbocycles. The fourth-order valence-electron chi connectivity index (χ4n) is 4.30. The van der Waals surface area contributed by atoms with Gasteiger partial charge in [0.15, 0.2) is 12.2 Å². The molecule has 9 nitrogen and oxygen atoms in total. The Kier molecular flexibility index (Phi) is 13.0. The van der Waals surface area contributed by atoms with Gasteiger partial charge in [-0.1, -0.05) is 97.1 Å². The number of hydrogen-bond acceptors (Lipinski definition) is 7. The lowest BCUT2D eigenvalue weighted by Crippen LogP contribution is -2.45. The van der Waals surface area contributed by atoms with Crippen LogP contribution in [0.5, 0.6) is 0 Å². The number of aliphatic hydroxyl groups excluding tert-OH is 2. The van der Waals surface area contributed by atoms with Gasteiger partial charge in [-0.05, 0) is 29.3 Å². The first-order valence-corrected chi connectivity index (χ1v) is 13.6. The number of benzene rings is 3. The number of nitrogens with zero attached hydrogens (tertiary/aromatic N) is 2. The van der Waals surface area contributed by atoms with Gasteiger partial charge < -0.3 is 30.1 Å². The van der Waals surface area contributed by atoms with Gasteiger partial charge in [0, 0.05) is 32.7 Å². The lowest BCUT2D eigenvalue weighted by atomic mass is 10.0. The zero-order valence-corrected chi connectivity index (χ0v) is 22.9. The number of ether oxygens (including phenoxy) is 1. The first kappa shape index (κ1) is 31.5. The van der Waals surface area contributed by atoms with Crippen molar-refractivity contribution in [1.29, 1.82) is 0 Å².